The van der Waals surface area contributed by atoms with Crippen molar-refractivity contribution in [3.63, 3.8) is 0 Å². The first-order valence-corrected chi connectivity index (χ1v) is 11.7. The molecule has 4 aromatic rings. The van der Waals surface area contributed by atoms with Crippen LogP contribution in [0.4, 0.5) is 9.52 Å². The van der Waals surface area contributed by atoms with Crippen LogP contribution in [-0.2, 0) is 9.59 Å². The van der Waals surface area contributed by atoms with E-state index in [1.54, 1.807) is 24.3 Å². The van der Waals surface area contributed by atoms with Crippen LogP contribution in [0.3, 0.4) is 0 Å². The Hall–Kier alpha value is -4.04. The summed E-state index contributed by atoms with van der Waals surface area (Å²) in [5, 5.41) is 11.5. The number of rotatable bonds is 4. The lowest BCUT2D eigenvalue weighted by atomic mass is 9.94. The maximum atomic E-state index is 13.5. The fourth-order valence-corrected chi connectivity index (χ4v) is 5.61. The average Bonchev–Trinajstić information content (AvgIpc) is 3.37. The van der Waals surface area contributed by atoms with Gasteiger partial charge < -0.3 is 9.84 Å². The highest BCUT2D eigenvalue weighted by molar-refractivity contribution is 7.22. The first-order chi connectivity index (χ1) is 16.8. The quantitative estimate of drug-likeness (QED) is 0.227. The Labute approximate surface area is 204 Å². The van der Waals surface area contributed by atoms with Crippen LogP contribution >= 0.6 is 11.3 Å². The normalized spacial score (nSPS) is 17.4. The van der Waals surface area contributed by atoms with Crippen LogP contribution < -0.4 is 9.64 Å². The van der Waals surface area contributed by atoms with Gasteiger partial charge in [-0.05, 0) is 61.4 Å². The number of hydrogen-bond acceptors (Lipinski definition) is 6. The molecule has 35 heavy (non-hydrogen) atoms. The molecule has 8 heteroatoms. The molecule has 1 aromatic heterocycles. The number of carbonyl (C=O) groups excluding carboxylic acids is 2. The minimum absolute atomic E-state index is 0.113. The van der Waals surface area contributed by atoms with Crippen LogP contribution in [0, 0.1) is 19.7 Å². The largest absolute Gasteiger partial charge is 0.507 e. The fourth-order valence-electron chi connectivity index (χ4n) is 4.44. The molecule has 1 N–H and O–H groups in total. The second-order valence-corrected chi connectivity index (χ2v) is 9.35. The van der Waals surface area contributed by atoms with Crippen LogP contribution in [0.15, 0.2) is 66.2 Å². The summed E-state index contributed by atoms with van der Waals surface area (Å²) in [6.45, 7) is 3.93. The standard InChI is InChI=1S/C27H21FN2O4S/c1-14-12-15(2)22-20(13-14)35-27(29-22)30-23(18-6-4-5-7-19(18)34-3)21(25(32)26(30)33)24(31)16-8-10-17(28)11-9-16/h4-13,23,31H,1-3H3/t23-/m0/s1. The molecule has 2 heterocycles. The molecule has 1 aliphatic rings. The number of benzene rings is 3. The Bertz CT molecular complexity index is 1520. The smallest absolute Gasteiger partial charge is 0.301 e. The average molecular weight is 489 g/mol. The third kappa shape index (κ3) is 3.76. The molecule has 5 rings (SSSR count). The molecule has 1 saturated heterocycles. The van der Waals surface area contributed by atoms with Gasteiger partial charge in [-0.3, -0.25) is 14.5 Å². The number of aromatic nitrogens is 1. The number of nitrogens with zero attached hydrogens (tertiary/aromatic N) is 2. The van der Waals surface area contributed by atoms with Crippen molar-refractivity contribution < 1.29 is 23.8 Å². The number of hydrogen-bond donors (Lipinski definition) is 1. The van der Waals surface area contributed by atoms with Gasteiger partial charge in [0.2, 0.25) is 0 Å². The Morgan fingerprint density at radius 3 is 2.51 bits per heavy atom. The van der Waals surface area contributed by atoms with Gasteiger partial charge in [0.15, 0.2) is 5.13 Å². The van der Waals surface area contributed by atoms with Gasteiger partial charge in [0, 0.05) is 11.1 Å². The van der Waals surface area contributed by atoms with Crippen LogP contribution in [0.1, 0.15) is 28.3 Å². The summed E-state index contributed by atoms with van der Waals surface area (Å²) < 4.78 is 19.9. The van der Waals surface area contributed by atoms with Crippen molar-refractivity contribution in [2.45, 2.75) is 19.9 Å². The third-order valence-corrected chi connectivity index (χ3v) is 7.02. The summed E-state index contributed by atoms with van der Waals surface area (Å²) in [7, 11) is 1.49. The Balaban J connectivity index is 1.77. The Morgan fingerprint density at radius 1 is 1.09 bits per heavy atom. The highest BCUT2D eigenvalue weighted by atomic mass is 32.1. The highest BCUT2D eigenvalue weighted by Crippen LogP contribution is 2.46. The summed E-state index contributed by atoms with van der Waals surface area (Å²) in [5.41, 5.74) is 3.39. The molecule has 1 atom stereocenters. The molecule has 3 aromatic carbocycles. The van der Waals surface area contributed by atoms with Gasteiger partial charge in [-0.2, -0.15) is 0 Å². The van der Waals surface area contributed by atoms with Gasteiger partial charge in [0.05, 0.1) is 22.9 Å². The second-order valence-electron chi connectivity index (χ2n) is 8.34. The number of halogens is 1. The Kier molecular flexibility index (Phi) is 5.61. The lowest BCUT2D eigenvalue weighted by molar-refractivity contribution is -0.132. The summed E-state index contributed by atoms with van der Waals surface area (Å²) >= 11 is 1.30. The molecule has 1 aliphatic heterocycles. The number of methoxy groups -OCH3 is 1. The lowest BCUT2D eigenvalue weighted by Crippen LogP contribution is -2.29. The second kappa shape index (κ2) is 8.63. The number of carbonyl (C=O) groups is 2. The number of amides is 1. The number of para-hydroxylation sites is 1. The van der Waals surface area contributed by atoms with Gasteiger partial charge in [-0.1, -0.05) is 35.6 Å². The van der Waals surface area contributed by atoms with E-state index in [0.717, 1.165) is 21.3 Å². The van der Waals surface area contributed by atoms with Gasteiger partial charge in [-0.15, -0.1) is 0 Å². The zero-order valence-electron chi connectivity index (χ0n) is 19.2. The first-order valence-electron chi connectivity index (χ1n) is 10.9. The molecule has 1 fully saturated rings. The number of aliphatic hydroxyl groups excluding tert-OH is 1. The topological polar surface area (TPSA) is 79.7 Å². The maximum absolute atomic E-state index is 13.5. The zero-order chi connectivity index (χ0) is 24.9. The summed E-state index contributed by atoms with van der Waals surface area (Å²) in [6, 6.07) is 15.1. The minimum atomic E-state index is -0.988. The van der Waals surface area contributed by atoms with Gasteiger partial charge in [-0.25, -0.2) is 9.37 Å². The SMILES string of the molecule is COc1ccccc1[C@H]1C(=C(O)c2ccc(F)cc2)C(=O)C(=O)N1c1nc2c(C)cc(C)cc2s1. The van der Waals surface area contributed by atoms with Crippen molar-refractivity contribution in [1.29, 1.82) is 0 Å². The molecule has 0 spiro atoms. The number of ether oxygens (including phenoxy) is 1. The number of Topliss-reactive ketones (excluding diaryl/α,β-unsaturated/α-hetero) is 1. The van der Waals surface area contributed by atoms with Crippen molar-refractivity contribution in [3.05, 3.63) is 94.3 Å². The predicted molar refractivity (Wildman–Crippen MR) is 133 cm³/mol. The summed E-state index contributed by atoms with van der Waals surface area (Å²) in [5.74, 6) is -2.09. The van der Waals surface area contributed by atoms with E-state index in [1.165, 1.54) is 47.6 Å². The van der Waals surface area contributed by atoms with Gasteiger partial charge in [0.25, 0.3) is 5.78 Å². The van der Waals surface area contributed by atoms with Crippen molar-refractivity contribution in [1.82, 2.24) is 4.98 Å². The monoisotopic (exact) mass is 488 g/mol. The van der Waals surface area contributed by atoms with Crippen LogP contribution in [0.5, 0.6) is 5.75 Å². The van der Waals surface area contributed by atoms with E-state index >= 15 is 0 Å². The van der Waals surface area contributed by atoms with E-state index in [2.05, 4.69) is 0 Å². The highest BCUT2D eigenvalue weighted by Gasteiger charge is 2.49. The number of aliphatic hydroxyl groups is 1. The number of anilines is 1. The van der Waals surface area contributed by atoms with Crippen molar-refractivity contribution in [2.24, 2.45) is 0 Å². The predicted octanol–water partition coefficient (Wildman–Crippen LogP) is 5.69. The van der Waals surface area contributed by atoms with Crippen LogP contribution in [-0.4, -0.2) is 28.9 Å². The molecule has 1 amide bonds. The van der Waals surface area contributed by atoms with Crippen molar-refractivity contribution in [3.8, 4) is 5.75 Å². The molecular weight excluding hydrogens is 467 g/mol. The third-order valence-electron chi connectivity index (χ3n) is 6.02. The summed E-state index contributed by atoms with van der Waals surface area (Å²) in [6.07, 6.45) is 0. The number of aryl methyl sites for hydroxylation is 2. The van der Waals surface area contributed by atoms with Crippen LogP contribution in [0.25, 0.3) is 16.0 Å². The fraction of sp³-hybridized carbons (Fsp3) is 0.148. The van der Waals surface area contributed by atoms with Gasteiger partial charge in [0.1, 0.15) is 23.4 Å². The van der Waals surface area contributed by atoms with E-state index in [4.69, 9.17) is 9.72 Å². The lowest BCUT2D eigenvalue weighted by Gasteiger charge is -2.24. The van der Waals surface area contributed by atoms with Crippen LogP contribution in [0.2, 0.25) is 0 Å². The molecule has 0 unspecified atom stereocenters. The van der Waals surface area contributed by atoms with E-state index < -0.39 is 29.3 Å². The molecular formula is C27H21FN2O4S. The molecule has 0 bridgehead atoms. The number of thiazole rings is 1. The van der Waals surface area contributed by atoms with Crippen molar-refractivity contribution in [2.75, 3.05) is 12.0 Å². The first kappa shape index (κ1) is 22.7. The molecule has 0 radical (unpaired) electrons. The Morgan fingerprint density at radius 2 is 1.80 bits per heavy atom. The van der Waals surface area contributed by atoms with E-state index in [-0.39, 0.29) is 11.1 Å². The van der Waals surface area contributed by atoms with Gasteiger partial charge >= 0.3 is 5.91 Å². The molecule has 0 saturated carbocycles. The molecule has 176 valence electrons. The molecule has 0 aliphatic carbocycles. The van der Waals surface area contributed by atoms with Crippen molar-refractivity contribution >= 4 is 44.1 Å². The minimum Gasteiger partial charge on any atom is -0.507 e. The summed E-state index contributed by atoms with van der Waals surface area (Å²) in [4.78, 5) is 32.8. The number of fused-ring (bicyclic) bond motifs is 1. The maximum Gasteiger partial charge on any atom is 0.301 e. The molecule has 6 nitrogen and oxygen atoms in total. The van der Waals surface area contributed by atoms with E-state index in [1.807, 2.05) is 26.0 Å². The van der Waals surface area contributed by atoms with E-state index in [0.29, 0.717) is 16.4 Å². The van der Waals surface area contributed by atoms with E-state index in [9.17, 15) is 19.1 Å². The zero-order valence-corrected chi connectivity index (χ0v) is 20.0. The number of ketones is 1.